The van der Waals surface area contributed by atoms with Crippen LogP contribution in [0.3, 0.4) is 0 Å². The molecule has 0 bridgehead atoms. The monoisotopic (exact) mass is 407 g/mol. The van der Waals surface area contributed by atoms with Crippen LogP contribution in [-0.2, 0) is 19.1 Å². The number of anilines is 1. The highest BCUT2D eigenvalue weighted by molar-refractivity contribution is 6.08. The molecule has 1 aromatic rings. The third-order valence-corrected chi connectivity index (χ3v) is 4.62. The van der Waals surface area contributed by atoms with Crippen LogP contribution in [-0.4, -0.2) is 46.9 Å². The van der Waals surface area contributed by atoms with Gasteiger partial charge in [-0.2, -0.15) is 0 Å². The molecule has 1 heterocycles. The first-order chi connectivity index (χ1) is 13.5. The van der Waals surface area contributed by atoms with Gasteiger partial charge in [-0.05, 0) is 50.8 Å². The predicted molar refractivity (Wildman–Crippen MR) is 103 cm³/mol. The number of rotatable bonds is 8. The Morgan fingerprint density at radius 1 is 1.28 bits per heavy atom. The number of carbonyl (C=O) groups excluding carboxylic acids is 4. The molecule has 1 saturated heterocycles. The van der Waals surface area contributed by atoms with Gasteiger partial charge in [0.2, 0.25) is 0 Å². The molecule has 0 aliphatic carbocycles. The fourth-order valence-electron chi connectivity index (χ4n) is 2.86. The lowest BCUT2D eigenvalue weighted by Gasteiger charge is -2.22. The van der Waals surface area contributed by atoms with E-state index in [2.05, 4.69) is 10.6 Å². The standard InChI is InChI=1S/C20H26FN3O5/c1-12(2)8-9-20(4)18(27)24(19(28)23-20)11-16(25)29-13(3)17(26)22-15-7-5-6-14(21)10-15/h5-7,10,12-13H,8-9,11H2,1-4H3,(H,22,26)(H,23,28)/t13-,20-/m1/s1. The van der Waals surface area contributed by atoms with Crippen molar-refractivity contribution >= 4 is 29.5 Å². The maximum Gasteiger partial charge on any atom is 0.327 e. The van der Waals surface area contributed by atoms with Crippen LogP contribution in [0.15, 0.2) is 24.3 Å². The number of imide groups is 1. The lowest BCUT2D eigenvalue weighted by atomic mass is 9.92. The van der Waals surface area contributed by atoms with Crippen LogP contribution >= 0.6 is 0 Å². The molecule has 0 saturated carbocycles. The summed E-state index contributed by atoms with van der Waals surface area (Å²) in [5, 5.41) is 5.04. The molecule has 4 amide bonds. The molecule has 8 nitrogen and oxygen atoms in total. The first-order valence-electron chi connectivity index (χ1n) is 9.42. The average Bonchev–Trinajstić information content (AvgIpc) is 2.83. The van der Waals surface area contributed by atoms with Gasteiger partial charge in [0, 0.05) is 5.69 Å². The Bertz CT molecular complexity index is 813. The van der Waals surface area contributed by atoms with Crippen LogP contribution in [0.1, 0.15) is 40.5 Å². The van der Waals surface area contributed by atoms with E-state index in [1.54, 1.807) is 6.92 Å². The molecule has 0 spiro atoms. The number of ether oxygens (including phenoxy) is 1. The van der Waals surface area contributed by atoms with Crippen LogP contribution in [0, 0.1) is 11.7 Å². The topological polar surface area (TPSA) is 105 Å². The highest BCUT2D eigenvalue weighted by Crippen LogP contribution is 2.24. The summed E-state index contributed by atoms with van der Waals surface area (Å²) >= 11 is 0. The number of nitrogens with one attached hydrogen (secondary N) is 2. The molecule has 0 radical (unpaired) electrons. The minimum absolute atomic E-state index is 0.216. The number of benzene rings is 1. The number of amides is 4. The van der Waals surface area contributed by atoms with Crippen molar-refractivity contribution in [1.29, 1.82) is 0 Å². The normalized spacial score (nSPS) is 19.9. The Morgan fingerprint density at radius 3 is 2.59 bits per heavy atom. The largest absolute Gasteiger partial charge is 0.451 e. The maximum absolute atomic E-state index is 13.2. The van der Waals surface area contributed by atoms with Gasteiger partial charge in [-0.1, -0.05) is 19.9 Å². The Balaban J connectivity index is 1.91. The first-order valence-corrected chi connectivity index (χ1v) is 9.42. The second kappa shape index (κ2) is 9.02. The molecule has 1 aromatic carbocycles. The van der Waals surface area contributed by atoms with Gasteiger partial charge in [0.15, 0.2) is 6.10 Å². The Kier molecular flexibility index (Phi) is 6.94. The van der Waals surface area contributed by atoms with Crippen LogP contribution in [0.5, 0.6) is 0 Å². The smallest absolute Gasteiger partial charge is 0.327 e. The Labute approximate surface area is 168 Å². The van der Waals surface area contributed by atoms with E-state index in [0.717, 1.165) is 17.4 Å². The van der Waals surface area contributed by atoms with Gasteiger partial charge in [-0.25, -0.2) is 9.18 Å². The van der Waals surface area contributed by atoms with Crippen molar-refractivity contribution in [3.63, 3.8) is 0 Å². The van der Waals surface area contributed by atoms with E-state index in [9.17, 15) is 23.6 Å². The Hall–Kier alpha value is -2.97. The van der Waals surface area contributed by atoms with E-state index >= 15 is 0 Å². The molecule has 1 aliphatic heterocycles. The molecular formula is C20H26FN3O5. The molecule has 0 unspecified atom stereocenters. The minimum atomic E-state index is -1.20. The second-order valence-electron chi connectivity index (χ2n) is 7.72. The second-order valence-corrected chi connectivity index (χ2v) is 7.72. The van der Waals surface area contributed by atoms with Crippen molar-refractivity contribution in [2.24, 2.45) is 5.92 Å². The van der Waals surface area contributed by atoms with Crippen molar-refractivity contribution in [2.45, 2.75) is 52.2 Å². The summed E-state index contributed by atoms with van der Waals surface area (Å²) in [6.07, 6.45) is -0.00966. The molecule has 1 fully saturated rings. The van der Waals surface area contributed by atoms with E-state index in [4.69, 9.17) is 4.74 Å². The van der Waals surface area contributed by atoms with E-state index in [1.165, 1.54) is 25.1 Å². The number of nitrogens with zero attached hydrogens (tertiary/aromatic N) is 1. The number of carbonyl (C=O) groups is 4. The van der Waals surface area contributed by atoms with E-state index in [-0.39, 0.29) is 5.69 Å². The van der Waals surface area contributed by atoms with Crippen molar-refractivity contribution in [1.82, 2.24) is 10.2 Å². The Morgan fingerprint density at radius 2 is 1.97 bits per heavy atom. The number of hydrogen-bond donors (Lipinski definition) is 2. The van der Waals surface area contributed by atoms with Crippen LogP contribution in [0.4, 0.5) is 14.9 Å². The van der Waals surface area contributed by atoms with E-state index in [1.807, 2.05) is 13.8 Å². The zero-order valence-corrected chi connectivity index (χ0v) is 17.0. The fourth-order valence-corrected chi connectivity index (χ4v) is 2.86. The third kappa shape index (κ3) is 5.75. The first kappa shape index (κ1) is 22.3. The SMILES string of the molecule is CC(C)CC[C@@]1(C)NC(=O)N(CC(=O)O[C@H](C)C(=O)Nc2cccc(F)c2)C1=O. The maximum atomic E-state index is 13.2. The van der Waals surface area contributed by atoms with Gasteiger partial charge in [-0.3, -0.25) is 19.3 Å². The van der Waals surface area contributed by atoms with Crippen molar-refractivity contribution in [3.8, 4) is 0 Å². The van der Waals surface area contributed by atoms with Gasteiger partial charge >= 0.3 is 12.0 Å². The molecule has 1 aliphatic rings. The number of hydrogen-bond acceptors (Lipinski definition) is 5. The van der Waals surface area contributed by atoms with E-state index < -0.39 is 47.8 Å². The zero-order valence-electron chi connectivity index (χ0n) is 17.0. The fraction of sp³-hybridized carbons (Fsp3) is 0.500. The molecular weight excluding hydrogens is 381 g/mol. The summed E-state index contributed by atoms with van der Waals surface area (Å²) in [4.78, 5) is 49.8. The number of esters is 1. The molecule has 0 aromatic heterocycles. The quantitative estimate of drug-likeness (QED) is 0.509. The summed E-state index contributed by atoms with van der Waals surface area (Å²) in [6, 6.07) is 4.59. The molecule has 2 atom stereocenters. The van der Waals surface area contributed by atoms with Crippen LogP contribution in [0.25, 0.3) is 0 Å². The number of halogens is 1. The summed E-state index contributed by atoms with van der Waals surface area (Å²) < 4.78 is 18.2. The summed E-state index contributed by atoms with van der Waals surface area (Å²) in [6.45, 7) is 6.38. The lowest BCUT2D eigenvalue weighted by Crippen LogP contribution is -2.44. The predicted octanol–water partition coefficient (Wildman–Crippen LogP) is 2.44. The highest BCUT2D eigenvalue weighted by Gasteiger charge is 2.48. The van der Waals surface area contributed by atoms with Crippen LogP contribution in [0.2, 0.25) is 0 Å². The summed E-state index contributed by atoms with van der Waals surface area (Å²) in [5.41, 5.74) is -0.852. The van der Waals surface area contributed by atoms with Crippen molar-refractivity contribution < 1.29 is 28.3 Å². The molecule has 158 valence electrons. The number of urea groups is 1. The summed E-state index contributed by atoms with van der Waals surface area (Å²) in [7, 11) is 0. The third-order valence-electron chi connectivity index (χ3n) is 4.62. The molecule has 2 N–H and O–H groups in total. The average molecular weight is 407 g/mol. The van der Waals surface area contributed by atoms with Gasteiger partial charge in [0.25, 0.3) is 11.8 Å². The van der Waals surface area contributed by atoms with Crippen molar-refractivity contribution in [3.05, 3.63) is 30.1 Å². The van der Waals surface area contributed by atoms with Gasteiger partial charge < -0.3 is 15.4 Å². The van der Waals surface area contributed by atoms with Crippen molar-refractivity contribution in [2.75, 3.05) is 11.9 Å². The lowest BCUT2D eigenvalue weighted by molar-refractivity contribution is -0.155. The van der Waals surface area contributed by atoms with Gasteiger partial charge in [-0.15, -0.1) is 0 Å². The van der Waals surface area contributed by atoms with Gasteiger partial charge in [0.1, 0.15) is 17.9 Å². The highest BCUT2D eigenvalue weighted by atomic mass is 19.1. The van der Waals surface area contributed by atoms with Crippen LogP contribution < -0.4 is 10.6 Å². The molecule has 29 heavy (non-hydrogen) atoms. The minimum Gasteiger partial charge on any atom is -0.451 e. The molecule has 9 heteroatoms. The zero-order chi connectivity index (χ0) is 21.8. The van der Waals surface area contributed by atoms with E-state index in [0.29, 0.717) is 12.3 Å². The summed E-state index contributed by atoms with van der Waals surface area (Å²) in [5.74, 6) is -2.23. The van der Waals surface area contributed by atoms with Gasteiger partial charge in [0.05, 0.1) is 0 Å². The molecule has 2 rings (SSSR count).